The Morgan fingerprint density at radius 2 is 2.37 bits per heavy atom. The van der Waals surface area contributed by atoms with Gasteiger partial charge < -0.3 is 10.2 Å². The van der Waals surface area contributed by atoms with Crippen LogP contribution in [0.25, 0.3) is 0 Å². The van der Waals surface area contributed by atoms with Crippen LogP contribution in [0.3, 0.4) is 0 Å². The highest BCUT2D eigenvalue weighted by molar-refractivity contribution is 14.1. The van der Waals surface area contributed by atoms with E-state index in [4.69, 9.17) is 0 Å². The summed E-state index contributed by atoms with van der Waals surface area (Å²) in [6.07, 6.45) is 2.34. The van der Waals surface area contributed by atoms with E-state index >= 15 is 0 Å². The predicted octanol–water partition coefficient (Wildman–Crippen LogP) is 2.50. The Morgan fingerprint density at radius 1 is 1.58 bits per heavy atom. The Morgan fingerprint density at radius 3 is 3.05 bits per heavy atom. The van der Waals surface area contributed by atoms with Gasteiger partial charge in [0, 0.05) is 16.7 Å². The number of nitrogens with one attached hydrogen (secondary N) is 1. The van der Waals surface area contributed by atoms with Gasteiger partial charge in [-0.2, -0.15) is 0 Å². The lowest BCUT2D eigenvalue weighted by atomic mass is 9.98. The summed E-state index contributed by atoms with van der Waals surface area (Å²) in [5.41, 5.74) is 0.547. The predicted molar refractivity (Wildman–Crippen MR) is 81.7 cm³/mol. The van der Waals surface area contributed by atoms with Crippen molar-refractivity contribution in [1.29, 1.82) is 0 Å². The molecule has 0 bridgehead atoms. The first kappa shape index (κ1) is 14.7. The fraction of sp³-hybridized carbons (Fsp3) is 0.500. The fourth-order valence-electron chi connectivity index (χ4n) is 2.45. The van der Waals surface area contributed by atoms with Crippen molar-refractivity contribution in [3.63, 3.8) is 0 Å². The molecule has 1 amide bonds. The summed E-state index contributed by atoms with van der Waals surface area (Å²) in [7, 11) is 2.11. The molecule has 1 aromatic carbocycles. The SMILES string of the molecule is CN1CCCC(CNC(=O)c2ccc(F)cc2I)C1. The smallest absolute Gasteiger partial charge is 0.252 e. The molecule has 1 N–H and O–H groups in total. The third-order valence-corrected chi connectivity index (χ3v) is 4.34. The molecular formula is C14H18FIN2O. The summed E-state index contributed by atoms with van der Waals surface area (Å²) in [6.45, 7) is 2.86. The molecule has 2 rings (SSSR count). The van der Waals surface area contributed by atoms with Gasteiger partial charge in [0.2, 0.25) is 0 Å². The quantitative estimate of drug-likeness (QED) is 0.823. The standard InChI is InChI=1S/C14H18FIN2O/c1-18-6-2-3-10(9-18)8-17-14(19)12-5-4-11(15)7-13(12)16/h4-5,7,10H,2-3,6,8-9H2,1H3,(H,17,19). The molecule has 19 heavy (non-hydrogen) atoms. The van der Waals surface area contributed by atoms with Crippen LogP contribution in [0, 0.1) is 15.3 Å². The van der Waals surface area contributed by atoms with Crippen molar-refractivity contribution in [3.8, 4) is 0 Å². The second kappa shape index (κ2) is 6.65. The molecule has 1 fully saturated rings. The molecule has 0 saturated carbocycles. The second-order valence-electron chi connectivity index (χ2n) is 5.10. The molecule has 1 heterocycles. The molecule has 104 valence electrons. The molecule has 1 aliphatic heterocycles. The number of amides is 1. The van der Waals surface area contributed by atoms with Crippen LogP contribution >= 0.6 is 22.6 Å². The molecule has 1 aromatic rings. The van der Waals surface area contributed by atoms with Gasteiger partial charge in [0.05, 0.1) is 5.56 Å². The van der Waals surface area contributed by atoms with E-state index in [2.05, 4.69) is 17.3 Å². The van der Waals surface area contributed by atoms with Crippen molar-refractivity contribution >= 4 is 28.5 Å². The first-order valence-electron chi connectivity index (χ1n) is 6.48. The van der Waals surface area contributed by atoms with Crippen molar-refractivity contribution in [2.24, 2.45) is 5.92 Å². The van der Waals surface area contributed by atoms with Gasteiger partial charge in [-0.15, -0.1) is 0 Å². The van der Waals surface area contributed by atoms with Crippen LogP contribution in [0.4, 0.5) is 4.39 Å². The van der Waals surface area contributed by atoms with E-state index in [0.717, 1.165) is 19.5 Å². The maximum atomic E-state index is 13.0. The Hall–Kier alpha value is -0.690. The van der Waals surface area contributed by atoms with E-state index in [0.29, 0.717) is 21.6 Å². The van der Waals surface area contributed by atoms with Gasteiger partial charge in [-0.3, -0.25) is 4.79 Å². The van der Waals surface area contributed by atoms with Crippen LogP contribution in [0.5, 0.6) is 0 Å². The number of carbonyl (C=O) groups excluding carboxylic acids is 1. The molecule has 0 aromatic heterocycles. The third kappa shape index (κ3) is 4.14. The normalized spacial score (nSPS) is 20.3. The number of halogens is 2. The Balaban J connectivity index is 1.90. The van der Waals surface area contributed by atoms with Crippen molar-refractivity contribution in [3.05, 3.63) is 33.1 Å². The summed E-state index contributed by atoms with van der Waals surface area (Å²) in [5.74, 6) is 0.0910. The molecule has 0 aliphatic carbocycles. The van der Waals surface area contributed by atoms with Crippen LogP contribution in [0.2, 0.25) is 0 Å². The zero-order valence-electron chi connectivity index (χ0n) is 11.0. The summed E-state index contributed by atoms with van der Waals surface area (Å²) in [4.78, 5) is 14.3. The third-order valence-electron chi connectivity index (χ3n) is 3.45. The van der Waals surface area contributed by atoms with Gasteiger partial charge in [0.25, 0.3) is 5.91 Å². The van der Waals surface area contributed by atoms with Gasteiger partial charge >= 0.3 is 0 Å². The molecular weight excluding hydrogens is 358 g/mol. The van der Waals surface area contributed by atoms with E-state index in [1.54, 1.807) is 6.07 Å². The molecule has 1 unspecified atom stereocenters. The molecule has 3 nitrogen and oxygen atoms in total. The van der Waals surface area contributed by atoms with Gasteiger partial charge in [-0.05, 0) is 73.1 Å². The van der Waals surface area contributed by atoms with Gasteiger partial charge in [-0.25, -0.2) is 4.39 Å². The van der Waals surface area contributed by atoms with Crippen LogP contribution in [0.15, 0.2) is 18.2 Å². The minimum absolute atomic E-state index is 0.113. The molecule has 1 saturated heterocycles. The van der Waals surface area contributed by atoms with Crippen LogP contribution in [-0.2, 0) is 0 Å². The number of hydrogen-bond acceptors (Lipinski definition) is 2. The van der Waals surface area contributed by atoms with Crippen LogP contribution in [0.1, 0.15) is 23.2 Å². The van der Waals surface area contributed by atoms with Crippen molar-refractivity contribution in [1.82, 2.24) is 10.2 Å². The molecule has 1 atom stereocenters. The first-order valence-corrected chi connectivity index (χ1v) is 7.56. The lowest BCUT2D eigenvalue weighted by molar-refractivity contribution is 0.0936. The lowest BCUT2D eigenvalue weighted by Crippen LogP contribution is -2.39. The first-order chi connectivity index (χ1) is 9.06. The Bertz CT molecular complexity index is 467. The summed E-state index contributed by atoms with van der Waals surface area (Å²) >= 11 is 1.99. The zero-order chi connectivity index (χ0) is 13.8. The number of carbonyl (C=O) groups is 1. The number of rotatable bonds is 3. The maximum Gasteiger partial charge on any atom is 0.252 e. The summed E-state index contributed by atoms with van der Waals surface area (Å²) in [5, 5.41) is 2.96. The summed E-state index contributed by atoms with van der Waals surface area (Å²) < 4.78 is 13.6. The van der Waals surface area contributed by atoms with Crippen LogP contribution < -0.4 is 5.32 Å². The molecule has 1 aliphatic rings. The van der Waals surface area contributed by atoms with Crippen molar-refractivity contribution < 1.29 is 9.18 Å². The van der Waals surface area contributed by atoms with Gasteiger partial charge in [0.1, 0.15) is 5.82 Å². The van der Waals surface area contributed by atoms with E-state index < -0.39 is 0 Å². The topological polar surface area (TPSA) is 32.3 Å². The molecule has 0 spiro atoms. The monoisotopic (exact) mass is 376 g/mol. The number of nitrogens with zero attached hydrogens (tertiary/aromatic N) is 1. The van der Waals surface area contributed by atoms with E-state index in [1.807, 2.05) is 22.6 Å². The lowest BCUT2D eigenvalue weighted by Gasteiger charge is -2.29. The fourth-order valence-corrected chi connectivity index (χ4v) is 3.17. The zero-order valence-corrected chi connectivity index (χ0v) is 13.1. The van der Waals surface area contributed by atoms with E-state index in [1.165, 1.54) is 18.6 Å². The molecule has 5 heteroatoms. The van der Waals surface area contributed by atoms with E-state index in [-0.39, 0.29) is 11.7 Å². The summed E-state index contributed by atoms with van der Waals surface area (Å²) in [6, 6.07) is 4.24. The average molecular weight is 376 g/mol. The average Bonchev–Trinajstić information content (AvgIpc) is 2.36. The highest BCUT2D eigenvalue weighted by atomic mass is 127. The Kier molecular flexibility index (Phi) is 5.15. The minimum Gasteiger partial charge on any atom is -0.352 e. The maximum absolute atomic E-state index is 13.0. The Labute approximate surface area is 126 Å². The highest BCUT2D eigenvalue weighted by Crippen LogP contribution is 2.16. The van der Waals surface area contributed by atoms with Crippen LogP contribution in [-0.4, -0.2) is 37.5 Å². The number of benzene rings is 1. The van der Waals surface area contributed by atoms with Crippen molar-refractivity contribution in [2.45, 2.75) is 12.8 Å². The van der Waals surface area contributed by atoms with E-state index in [9.17, 15) is 9.18 Å². The second-order valence-corrected chi connectivity index (χ2v) is 6.27. The van der Waals surface area contributed by atoms with Gasteiger partial charge in [0.15, 0.2) is 0 Å². The number of likely N-dealkylation sites (tertiary alicyclic amines) is 1. The minimum atomic E-state index is -0.310. The molecule has 0 radical (unpaired) electrons. The van der Waals surface area contributed by atoms with Gasteiger partial charge in [-0.1, -0.05) is 0 Å². The largest absolute Gasteiger partial charge is 0.352 e. The number of hydrogen-bond donors (Lipinski definition) is 1. The van der Waals surface area contributed by atoms with Crippen molar-refractivity contribution in [2.75, 3.05) is 26.7 Å². The number of piperidine rings is 1. The highest BCUT2D eigenvalue weighted by Gasteiger charge is 2.18.